The van der Waals surface area contributed by atoms with Crippen molar-refractivity contribution in [2.75, 3.05) is 0 Å². The third kappa shape index (κ3) is 4.96. The molecule has 0 aliphatic rings. The van der Waals surface area contributed by atoms with Crippen LogP contribution in [0.3, 0.4) is 0 Å². The van der Waals surface area contributed by atoms with Gasteiger partial charge < -0.3 is 9.29 Å². The van der Waals surface area contributed by atoms with Crippen LogP contribution in [0.25, 0.3) is 0 Å². The number of aryl methyl sites for hydroxylation is 1. The van der Waals surface area contributed by atoms with Crippen molar-refractivity contribution in [1.29, 1.82) is 0 Å². The molecular formula is C21H25O5S-. The van der Waals surface area contributed by atoms with E-state index in [1.165, 1.54) is 12.1 Å². The molecule has 2 aromatic rings. The van der Waals surface area contributed by atoms with E-state index in [0.29, 0.717) is 16.7 Å². The molecule has 0 amide bonds. The quantitative estimate of drug-likeness (QED) is 0.435. The first-order chi connectivity index (χ1) is 12.3. The van der Waals surface area contributed by atoms with E-state index in [0.717, 1.165) is 5.56 Å². The SMILES string of the molecule is Cc1cc(S(=O)(=O)[O-])c(C(C)C)cc1OC(=O)c1ccc(C(C)(C)C)cc1. The first-order valence-electron chi connectivity index (χ1n) is 8.74. The smallest absolute Gasteiger partial charge is 0.343 e. The van der Waals surface area contributed by atoms with E-state index in [-0.39, 0.29) is 22.0 Å². The van der Waals surface area contributed by atoms with Gasteiger partial charge >= 0.3 is 5.97 Å². The summed E-state index contributed by atoms with van der Waals surface area (Å²) in [6, 6.07) is 9.91. The Bertz CT molecular complexity index is 949. The van der Waals surface area contributed by atoms with Gasteiger partial charge in [0, 0.05) is 0 Å². The predicted octanol–water partition coefficient (Wildman–Crippen LogP) is 4.54. The normalized spacial score (nSPS) is 12.3. The Labute approximate surface area is 161 Å². The topological polar surface area (TPSA) is 83.5 Å². The van der Waals surface area contributed by atoms with E-state index >= 15 is 0 Å². The molecule has 0 radical (unpaired) electrons. The number of benzene rings is 2. The molecule has 0 spiro atoms. The maximum atomic E-state index is 12.5. The van der Waals surface area contributed by atoms with Gasteiger partial charge in [-0.1, -0.05) is 46.8 Å². The number of ether oxygens (including phenoxy) is 1. The van der Waals surface area contributed by atoms with E-state index in [4.69, 9.17) is 4.74 Å². The lowest BCUT2D eigenvalue weighted by molar-refractivity contribution is 0.0733. The van der Waals surface area contributed by atoms with Gasteiger partial charge in [0.05, 0.1) is 10.5 Å². The van der Waals surface area contributed by atoms with Crippen molar-refractivity contribution in [1.82, 2.24) is 0 Å². The minimum absolute atomic E-state index is 0.0230. The second-order valence-corrected chi connectivity index (χ2v) is 9.33. The molecule has 0 aromatic heterocycles. The van der Waals surface area contributed by atoms with Crippen LogP contribution in [-0.4, -0.2) is 18.9 Å². The highest BCUT2D eigenvalue weighted by Gasteiger charge is 2.19. The zero-order valence-corrected chi connectivity index (χ0v) is 17.3. The molecule has 5 nitrogen and oxygen atoms in total. The zero-order valence-electron chi connectivity index (χ0n) is 16.5. The fraction of sp³-hybridized carbons (Fsp3) is 0.381. The van der Waals surface area contributed by atoms with Crippen molar-refractivity contribution < 1.29 is 22.5 Å². The Morgan fingerprint density at radius 2 is 1.63 bits per heavy atom. The minimum Gasteiger partial charge on any atom is -0.744 e. The number of esters is 1. The highest BCUT2D eigenvalue weighted by molar-refractivity contribution is 7.85. The fourth-order valence-electron chi connectivity index (χ4n) is 2.72. The van der Waals surface area contributed by atoms with Crippen molar-refractivity contribution >= 4 is 16.1 Å². The van der Waals surface area contributed by atoms with Crippen molar-refractivity contribution in [2.45, 2.75) is 57.8 Å². The molecule has 0 saturated carbocycles. The number of carbonyl (C=O) groups excluding carboxylic acids is 1. The molecule has 0 fully saturated rings. The minimum atomic E-state index is -4.61. The number of hydrogen-bond donors (Lipinski definition) is 0. The molecule has 2 rings (SSSR count). The lowest BCUT2D eigenvalue weighted by atomic mass is 9.87. The van der Waals surface area contributed by atoms with Gasteiger partial charge in [-0.2, -0.15) is 0 Å². The average molecular weight is 389 g/mol. The monoisotopic (exact) mass is 389 g/mol. The molecule has 0 unspecified atom stereocenters. The van der Waals surface area contributed by atoms with E-state index in [9.17, 15) is 17.8 Å². The summed E-state index contributed by atoms with van der Waals surface area (Å²) < 4.78 is 40.0. The van der Waals surface area contributed by atoms with Gasteiger partial charge in [-0.25, -0.2) is 13.2 Å². The molecule has 0 atom stereocenters. The molecule has 0 saturated heterocycles. The second kappa shape index (κ2) is 7.44. The van der Waals surface area contributed by atoms with Crippen LogP contribution in [0.4, 0.5) is 0 Å². The van der Waals surface area contributed by atoms with Crippen LogP contribution in [0.15, 0.2) is 41.3 Å². The Balaban J connectivity index is 2.37. The van der Waals surface area contributed by atoms with Crippen LogP contribution in [0.5, 0.6) is 5.75 Å². The maximum Gasteiger partial charge on any atom is 0.343 e. The van der Waals surface area contributed by atoms with Gasteiger partial charge in [0.25, 0.3) is 0 Å². The fourth-order valence-corrected chi connectivity index (χ4v) is 3.62. The van der Waals surface area contributed by atoms with Crippen molar-refractivity contribution in [2.24, 2.45) is 0 Å². The molecule has 6 heteroatoms. The van der Waals surface area contributed by atoms with Crippen LogP contribution in [0.2, 0.25) is 0 Å². The van der Waals surface area contributed by atoms with Gasteiger partial charge in [0.15, 0.2) is 0 Å². The van der Waals surface area contributed by atoms with Crippen LogP contribution in [-0.2, 0) is 15.5 Å². The second-order valence-electron chi connectivity index (χ2n) is 7.98. The van der Waals surface area contributed by atoms with Gasteiger partial charge in [0.2, 0.25) is 0 Å². The van der Waals surface area contributed by atoms with Gasteiger partial charge in [-0.15, -0.1) is 0 Å². The van der Waals surface area contributed by atoms with Crippen LogP contribution < -0.4 is 4.74 Å². The average Bonchev–Trinajstić information content (AvgIpc) is 2.54. The van der Waals surface area contributed by atoms with Gasteiger partial charge in [-0.05, 0) is 59.2 Å². The van der Waals surface area contributed by atoms with Crippen molar-refractivity contribution in [3.63, 3.8) is 0 Å². The standard InChI is InChI=1S/C21H26O5S/c1-13(2)17-12-18(14(3)11-19(17)27(23,24)25)26-20(22)15-7-9-16(10-8-15)21(4,5)6/h7-13H,1-6H3,(H,23,24,25)/p-1. The van der Waals surface area contributed by atoms with Crippen LogP contribution >= 0.6 is 0 Å². The lowest BCUT2D eigenvalue weighted by Gasteiger charge is -2.20. The summed E-state index contributed by atoms with van der Waals surface area (Å²) in [6.45, 7) is 11.4. The van der Waals surface area contributed by atoms with Gasteiger partial charge in [0.1, 0.15) is 15.9 Å². The molecule has 0 bridgehead atoms. The molecule has 0 aliphatic carbocycles. The lowest BCUT2D eigenvalue weighted by Crippen LogP contribution is -2.14. The molecule has 0 N–H and O–H groups in total. The Morgan fingerprint density at radius 3 is 2.07 bits per heavy atom. The van der Waals surface area contributed by atoms with Crippen LogP contribution in [0.1, 0.15) is 67.6 Å². The van der Waals surface area contributed by atoms with Crippen LogP contribution in [0, 0.1) is 6.92 Å². The molecule has 146 valence electrons. The number of carbonyl (C=O) groups is 1. The summed E-state index contributed by atoms with van der Waals surface area (Å²) >= 11 is 0. The number of hydrogen-bond acceptors (Lipinski definition) is 5. The molecule has 0 heterocycles. The molecular weight excluding hydrogens is 364 g/mol. The zero-order chi connectivity index (χ0) is 20.6. The molecule has 2 aromatic carbocycles. The summed E-state index contributed by atoms with van der Waals surface area (Å²) in [4.78, 5) is 12.2. The largest absolute Gasteiger partial charge is 0.744 e. The highest BCUT2D eigenvalue weighted by Crippen LogP contribution is 2.31. The maximum absolute atomic E-state index is 12.5. The Kier molecular flexibility index (Phi) is 5.82. The van der Waals surface area contributed by atoms with Gasteiger partial charge in [-0.3, -0.25) is 0 Å². The van der Waals surface area contributed by atoms with E-state index in [1.54, 1.807) is 32.9 Å². The van der Waals surface area contributed by atoms with E-state index in [2.05, 4.69) is 20.8 Å². The summed E-state index contributed by atoms with van der Waals surface area (Å²) in [7, 11) is -4.61. The summed E-state index contributed by atoms with van der Waals surface area (Å²) in [5.74, 6) is -0.505. The summed E-state index contributed by atoms with van der Waals surface area (Å²) in [5.41, 5.74) is 2.22. The molecule has 0 aliphatic heterocycles. The summed E-state index contributed by atoms with van der Waals surface area (Å²) in [5, 5.41) is 0. The predicted molar refractivity (Wildman–Crippen MR) is 103 cm³/mol. The van der Waals surface area contributed by atoms with Crippen molar-refractivity contribution in [3.05, 3.63) is 58.7 Å². The summed E-state index contributed by atoms with van der Waals surface area (Å²) in [6.07, 6.45) is 0. The van der Waals surface area contributed by atoms with Crippen molar-refractivity contribution in [3.8, 4) is 5.75 Å². The highest BCUT2D eigenvalue weighted by atomic mass is 32.2. The Morgan fingerprint density at radius 1 is 1.07 bits per heavy atom. The third-order valence-electron chi connectivity index (χ3n) is 4.39. The molecule has 27 heavy (non-hydrogen) atoms. The van der Waals surface area contributed by atoms with E-state index in [1.807, 2.05) is 12.1 Å². The first-order valence-corrected chi connectivity index (χ1v) is 10.1. The van der Waals surface area contributed by atoms with E-state index < -0.39 is 16.1 Å². The Hall–Kier alpha value is -2.18. The first kappa shape index (κ1) is 21.1. The third-order valence-corrected chi connectivity index (χ3v) is 5.28. The number of rotatable bonds is 4.